The molecule has 518 valence electrons. The molecule has 0 aliphatic carbocycles. The molecule has 3 fully saturated rings. The van der Waals surface area contributed by atoms with Crippen molar-refractivity contribution in [3.05, 3.63) is 97.2 Å². The number of nitrogens with one attached hydrogen (secondary N) is 1. The van der Waals surface area contributed by atoms with Crippen LogP contribution in [0.3, 0.4) is 0 Å². The van der Waals surface area contributed by atoms with E-state index in [0.717, 1.165) is 77.0 Å². The number of rotatable bonds is 51. The van der Waals surface area contributed by atoms with Crippen LogP contribution in [0.2, 0.25) is 0 Å². The number of amides is 1. The van der Waals surface area contributed by atoms with Gasteiger partial charge in [0.2, 0.25) is 5.91 Å². The Labute approximate surface area is 539 Å². The SMILES string of the molecule is CC/C=C\C/C=C\C/C=C\C/C=C\C/C=C\C/C=C\CCCCCCCCCCCCCCCCCCC(=O)NC(COC1OC(CO)C(OC2OC(CO)C(OC3OC(CO)C(O)C(O)C3O)C(O)C2O)C(O)C1O)C(O)/C=C/CC/C=C/CCCCCC. The Morgan fingerprint density at radius 3 is 1.24 bits per heavy atom. The molecule has 1 amide bonds. The second kappa shape index (κ2) is 52.0. The fourth-order valence-corrected chi connectivity index (χ4v) is 11.0. The topological polar surface area (TPSA) is 307 Å². The molecule has 0 spiro atoms. The van der Waals surface area contributed by atoms with Crippen molar-refractivity contribution >= 4 is 5.91 Å². The molecule has 0 aromatic rings. The maximum Gasteiger partial charge on any atom is 0.220 e. The summed E-state index contributed by atoms with van der Waals surface area (Å²) in [4.78, 5) is 13.3. The highest BCUT2D eigenvalue weighted by atomic mass is 16.8. The van der Waals surface area contributed by atoms with Crippen molar-refractivity contribution in [2.45, 2.75) is 317 Å². The van der Waals surface area contributed by atoms with E-state index in [4.69, 9.17) is 28.4 Å². The quantitative estimate of drug-likeness (QED) is 0.0200. The van der Waals surface area contributed by atoms with E-state index in [9.17, 15) is 61.0 Å². The van der Waals surface area contributed by atoms with Crippen LogP contribution in [0.25, 0.3) is 0 Å². The van der Waals surface area contributed by atoms with Gasteiger partial charge in [0.1, 0.15) is 73.2 Å². The van der Waals surface area contributed by atoms with Gasteiger partial charge in [0.05, 0.1) is 38.6 Å². The van der Waals surface area contributed by atoms with Crippen LogP contribution in [0, 0.1) is 0 Å². The maximum absolute atomic E-state index is 13.3. The standard InChI is InChI=1S/C71H121NO18/c1-3-5-7-9-11-13-15-16-17-18-19-20-21-22-23-24-25-26-27-28-29-30-31-32-33-34-35-36-37-38-39-41-43-45-47-49-59(77)72-54(55(76)48-46-44-42-40-14-12-10-8-6-4-2)53-85-69-65(83)62(80)67(57(51-74)87-69)90-71-66(84)63(81)68(58(52-75)88-71)89-70-64(82)61(79)60(78)56(50-73)86-70/h5,7,11,13-14,16-17,19-20,22-23,25-26,40,46,48,54-58,60-71,73-76,78-84H,3-4,6,8-10,12,15,18,21,24,27-39,41-45,47,49-53H2,1-2H3,(H,72,77)/b7-5-,13-11-,17-16-,20-19-,23-22-,26-25-,40-14+,48-46+. The summed E-state index contributed by atoms with van der Waals surface area (Å²) in [7, 11) is 0. The van der Waals surface area contributed by atoms with E-state index in [-0.39, 0.29) is 18.9 Å². The van der Waals surface area contributed by atoms with Crippen molar-refractivity contribution in [3.63, 3.8) is 0 Å². The molecular weight excluding hydrogens is 1150 g/mol. The first-order chi connectivity index (χ1) is 43.8. The van der Waals surface area contributed by atoms with Crippen LogP contribution in [0.15, 0.2) is 97.2 Å². The number of carbonyl (C=O) groups is 1. The van der Waals surface area contributed by atoms with E-state index in [1.54, 1.807) is 6.08 Å². The number of aliphatic hydroxyl groups is 11. The Morgan fingerprint density at radius 2 is 0.778 bits per heavy atom. The predicted octanol–water partition coefficient (Wildman–Crippen LogP) is 8.88. The lowest BCUT2D eigenvalue weighted by atomic mass is 9.96. The van der Waals surface area contributed by atoms with Crippen LogP contribution >= 0.6 is 0 Å². The Balaban J connectivity index is 1.33. The molecule has 3 saturated heterocycles. The Hall–Kier alpha value is -3.29. The fourth-order valence-electron chi connectivity index (χ4n) is 11.0. The highest BCUT2D eigenvalue weighted by Crippen LogP contribution is 2.33. The van der Waals surface area contributed by atoms with E-state index >= 15 is 0 Å². The summed E-state index contributed by atoms with van der Waals surface area (Å²) in [6, 6.07) is -0.992. The Kier molecular flexibility index (Phi) is 46.8. The van der Waals surface area contributed by atoms with Crippen molar-refractivity contribution in [3.8, 4) is 0 Å². The molecule has 0 aromatic carbocycles. The minimum absolute atomic E-state index is 0.231. The van der Waals surface area contributed by atoms with E-state index in [0.29, 0.717) is 12.8 Å². The molecule has 90 heavy (non-hydrogen) atoms. The first kappa shape index (κ1) is 80.9. The number of carbonyl (C=O) groups excluding carboxylic acids is 1. The average molecular weight is 1280 g/mol. The molecule has 3 aliphatic heterocycles. The van der Waals surface area contributed by atoms with E-state index in [2.05, 4.69) is 104 Å². The van der Waals surface area contributed by atoms with Crippen LogP contribution in [0.1, 0.15) is 213 Å². The van der Waals surface area contributed by atoms with Crippen molar-refractivity contribution in [1.29, 1.82) is 0 Å². The smallest absolute Gasteiger partial charge is 0.220 e. The highest BCUT2D eigenvalue weighted by Gasteiger charge is 2.53. The average Bonchev–Trinajstić information content (AvgIpc) is 1.08. The van der Waals surface area contributed by atoms with Gasteiger partial charge >= 0.3 is 0 Å². The lowest BCUT2D eigenvalue weighted by Gasteiger charge is -2.48. The molecule has 17 atom stereocenters. The van der Waals surface area contributed by atoms with Gasteiger partial charge < -0.3 is 89.9 Å². The molecule has 19 nitrogen and oxygen atoms in total. The molecule has 0 aromatic heterocycles. The summed E-state index contributed by atoms with van der Waals surface area (Å²) in [6.45, 7) is 1.53. The Bertz CT molecular complexity index is 2010. The molecular formula is C71H121NO18. The van der Waals surface area contributed by atoms with Crippen LogP contribution in [-0.4, -0.2) is 193 Å². The monoisotopic (exact) mass is 1280 g/mol. The maximum atomic E-state index is 13.3. The van der Waals surface area contributed by atoms with Gasteiger partial charge in [-0.05, 0) is 83.5 Å². The van der Waals surface area contributed by atoms with Gasteiger partial charge in [-0.15, -0.1) is 0 Å². The lowest BCUT2D eigenvalue weighted by molar-refractivity contribution is -0.379. The number of hydrogen-bond acceptors (Lipinski definition) is 18. The zero-order chi connectivity index (χ0) is 65.4. The third kappa shape index (κ3) is 33.7. The third-order valence-electron chi connectivity index (χ3n) is 16.6. The number of hydrogen-bond donors (Lipinski definition) is 12. The molecule has 3 aliphatic rings. The molecule has 0 saturated carbocycles. The normalized spacial score (nSPS) is 28.7. The number of ether oxygens (including phenoxy) is 6. The number of aliphatic hydroxyl groups excluding tert-OH is 11. The van der Waals surface area contributed by atoms with Gasteiger partial charge in [-0.1, -0.05) is 220 Å². The van der Waals surface area contributed by atoms with E-state index in [1.807, 2.05) is 6.08 Å². The minimum atomic E-state index is -1.98. The minimum Gasteiger partial charge on any atom is -0.394 e. The highest BCUT2D eigenvalue weighted by molar-refractivity contribution is 5.76. The zero-order valence-corrected chi connectivity index (χ0v) is 54.6. The van der Waals surface area contributed by atoms with Crippen molar-refractivity contribution in [2.24, 2.45) is 0 Å². The second-order valence-corrected chi connectivity index (χ2v) is 24.2. The van der Waals surface area contributed by atoms with Crippen LogP contribution in [0.4, 0.5) is 0 Å². The Morgan fingerprint density at radius 1 is 0.411 bits per heavy atom. The second-order valence-electron chi connectivity index (χ2n) is 24.2. The van der Waals surface area contributed by atoms with Gasteiger partial charge in [0.25, 0.3) is 0 Å². The summed E-state index contributed by atoms with van der Waals surface area (Å²) in [5.74, 6) is -0.291. The number of allylic oxidation sites excluding steroid dienone is 15. The van der Waals surface area contributed by atoms with Crippen LogP contribution in [-0.2, 0) is 33.2 Å². The molecule has 3 rings (SSSR count). The molecule has 17 unspecified atom stereocenters. The van der Waals surface area contributed by atoms with Crippen molar-refractivity contribution in [2.75, 3.05) is 26.4 Å². The van der Waals surface area contributed by atoms with Gasteiger partial charge in [-0.25, -0.2) is 0 Å². The third-order valence-corrected chi connectivity index (χ3v) is 16.6. The summed E-state index contributed by atoms with van der Waals surface area (Å²) in [6.07, 6.45) is 41.4. The molecule has 19 heteroatoms. The number of unbranched alkanes of at least 4 members (excludes halogenated alkanes) is 21. The molecule has 12 N–H and O–H groups in total. The molecule has 0 bridgehead atoms. The largest absolute Gasteiger partial charge is 0.394 e. The first-order valence-corrected chi connectivity index (χ1v) is 34.5. The lowest BCUT2D eigenvalue weighted by Crippen LogP contribution is -2.66. The van der Waals surface area contributed by atoms with Gasteiger partial charge in [0.15, 0.2) is 18.9 Å². The summed E-state index contributed by atoms with van der Waals surface area (Å²) in [5, 5.41) is 120. The van der Waals surface area contributed by atoms with Gasteiger partial charge in [-0.3, -0.25) is 4.79 Å². The van der Waals surface area contributed by atoms with Crippen LogP contribution in [0.5, 0.6) is 0 Å². The van der Waals surface area contributed by atoms with Gasteiger partial charge in [0, 0.05) is 6.42 Å². The predicted molar refractivity (Wildman–Crippen MR) is 351 cm³/mol. The van der Waals surface area contributed by atoms with Crippen molar-refractivity contribution < 1.29 is 89.4 Å². The summed E-state index contributed by atoms with van der Waals surface area (Å²) in [5.41, 5.74) is 0. The molecule has 0 radical (unpaired) electrons. The zero-order valence-electron chi connectivity index (χ0n) is 54.6. The summed E-state index contributed by atoms with van der Waals surface area (Å²) < 4.78 is 34.2. The molecule has 3 heterocycles. The summed E-state index contributed by atoms with van der Waals surface area (Å²) >= 11 is 0. The first-order valence-electron chi connectivity index (χ1n) is 34.5. The van der Waals surface area contributed by atoms with E-state index < -0.39 is 124 Å². The van der Waals surface area contributed by atoms with Gasteiger partial charge in [-0.2, -0.15) is 0 Å². The van der Waals surface area contributed by atoms with Crippen molar-refractivity contribution in [1.82, 2.24) is 5.32 Å². The fraction of sp³-hybridized carbons (Fsp3) is 0.761. The van der Waals surface area contributed by atoms with E-state index in [1.165, 1.54) is 103 Å². The van der Waals surface area contributed by atoms with Crippen LogP contribution < -0.4 is 5.32 Å².